The number of nitrogens with zero attached hydrogens (tertiary/aromatic N) is 18. The van der Waals surface area contributed by atoms with Gasteiger partial charge in [0.05, 0.1) is 125 Å². The third kappa shape index (κ3) is 17.9. The highest BCUT2D eigenvalue weighted by molar-refractivity contribution is 6.46. The normalized spacial score (nSPS) is 15.0. The van der Waals surface area contributed by atoms with Gasteiger partial charge < -0.3 is 46.6 Å². The van der Waals surface area contributed by atoms with Crippen LogP contribution < -0.4 is 48.6 Å². The number of benzene rings is 3. The monoisotopic (exact) mass is 2040 g/mol. The van der Waals surface area contributed by atoms with Crippen LogP contribution in [0.25, 0.3) is 83.9 Å². The molecule has 9 aromatic heterocycles. The number of piperazine rings is 3. The number of fused-ring (bicyclic) bond motifs is 3. The van der Waals surface area contributed by atoms with Gasteiger partial charge in [-0.05, 0) is 131 Å². The lowest BCUT2D eigenvalue weighted by Crippen LogP contribution is -2.54. The average molecular weight is 2040 g/mol. The predicted octanol–water partition coefficient (Wildman–Crippen LogP) is 19.9. The highest BCUT2D eigenvalue weighted by Gasteiger charge is 2.40. The van der Waals surface area contributed by atoms with Gasteiger partial charge in [-0.3, -0.25) is 57.4 Å². The maximum Gasteiger partial charge on any atom is 0.276 e. The van der Waals surface area contributed by atoms with Gasteiger partial charge in [-0.15, -0.1) is 0 Å². The van der Waals surface area contributed by atoms with Gasteiger partial charge in [-0.2, -0.15) is 15.8 Å². The first kappa shape index (κ1) is 102. The van der Waals surface area contributed by atoms with Crippen molar-refractivity contribution in [1.29, 1.82) is 15.8 Å². The Hall–Kier alpha value is -13.1. The van der Waals surface area contributed by atoms with E-state index in [0.29, 0.717) is 50.8 Å². The minimum Gasteiger partial charge on any atom is -0.394 e. The van der Waals surface area contributed by atoms with E-state index < -0.39 is 122 Å². The van der Waals surface area contributed by atoms with Crippen molar-refractivity contribution in [2.45, 2.75) is 119 Å². The maximum atomic E-state index is 15.6. The molecule has 42 heteroatoms. The Labute approximate surface area is 825 Å². The second kappa shape index (κ2) is 40.5. The number of anilines is 6. The molecule has 3 aliphatic rings. The summed E-state index contributed by atoms with van der Waals surface area (Å²) in [5.74, 6) is -10.9. The highest BCUT2D eigenvalue weighted by Crippen LogP contribution is 2.50. The summed E-state index contributed by atoms with van der Waals surface area (Å²) in [4.78, 5) is 119. The third-order valence-corrected chi connectivity index (χ3v) is 27.0. The summed E-state index contributed by atoms with van der Waals surface area (Å²) < 4.78 is 108. The van der Waals surface area contributed by atoms with Crippen LogP contribution in [0.3, 0.4) is 0 Å². The molecule has 12 aromatic rings. The van der Waals surface area contributed by atoms with Crippen LogP contribution in [0, 0.1) is 95.5 Å². The van der Waals surface area contributed by atoms with Crippen molar-refractivity contribution in [2.24, 2.45) is 0 Å². The van der Waals surface area contributed by atoms with Gasteiger partial charge in [0.1, 0.15) is 68.9 Å². The van der Waals surface area contributed by atoms with Gasteiger partial charge in [-0.25, -0.2) is 45.7 Å². The van der Waals surface area contributed by atoms with Gasteiger partial charge in [0.25, 0.3) is 16.7 Å². The van der Waals surface area contributed by atoms with Crippen molar-refractivity contribution in [1.82, 2.24) is 58.3 Å². The van der Waals surface area contributed by atoms with Crippen molar-refractivity contribution >= 4 is 178 Å². The lowest BCUT2D eigenvalue weighted by atomic mass is 10.0. The quantitative estimate of drug-likeness (QED) is 0.0282. The number of halogens is 15. The summed E-state index contributed by atoms with van der Waals surface area (Å²) in [6, 6.07) is 14.6. The van der Waals surface area contributed by atoms with E-state index in [1.54, 1.807) is 77.2 Å². The van der Waals surface area contributed by atoms with E-state index in [9.17, 15) is 62.1 Å². The lowest BCUT2D eigenvalue weighted by molar-refractivity contribution is -0.129. The van der Waals surface area contributed by atoms with E-state index in [1.807, 2.05) is 78.2 Å². The number of carbonyl (C=O) groups excluding carboxylic acids is 3. The number of hydrogen-bond donors (Lipinski definition) is 3. The topological polar surface area (TPSA) is 363 Å². The molecule has 0 bridgehead atoms. The van der Waals surface area contributed by atoms with Gasteiger partial charge >= 0.3 is 0 Å². The fourth-order valence-corrected chi connectivity index (χ4v) is 19.4. The number of rotatable bonds is 15. The Morgan fingerprint density at radius 2 is 0.652 bits per heavy atom. The SMILES string of the molecule is C=CC(=O)N1CCN(c2c(C#N)c(=O)n(-c3c(C)ccnc3C(C)C)c3nc(-c4c(F)c(N)c(F)c(Cl)c4Cl)c(Cl)cc23)C[C@H]1C.C=CC(=O)N1CCN(c2c(C#N)c(=O)n(-c3c(C)ccnc3C(C)C)c3nc(-c4c(F)c(N)c(F)c(Cl)c4Cl)c(Cl)cc23)C[C@H]1C.C=CC(=O)N1CCN(c2c(C#N)c(=O)n(-c3c(C)ccnc3C(C)C)c3nc(-c4c(F)c(N)c(F)c(F)c4Cl)c(Cl)cc23)C[C@H]1C. The van der Waals surface area contributed by atoms with E-state index in [4.69, 9.17) is 120 Å². The number of nitrogens with two attached hydrogens (primary N) is 3. The summed E-state index contributed by atoms with van der Waals surface area (Å²) in [5, 5.41) is 28.4. The standard InChI is InChI=1S/2C32H28Cl3F2N7O2.C32H28Cl2F3N7O2/c2*1-6-20(45)43-10-9-42(13-16(43)5)30-17-11-19(33)28(21-22(34)23(35)25(37)26(39)24(21)36)41-31(17)44(32(46)18(30)12-38)29-15(4)7-8-40-27(29)14(2)3;1-6-20(45)43-10-9-42(13-16(43)5)30-17-11-19(33)28(21-22(34)24(36)25(37)26(39)23(21)35)41-31(17)44(32(46)18(30)12-38)29-15(4)7-8-40-27(29)14(2)3/h3*6-8,11,14,16H,1,9-10,13,39H2,2-5H3/t3*16-/m111/s1. The molecule has 0 spiro atoms. The molecule has 15 rings (SSSR count). The van der Waals surface area contributed by atoms with E-state index in [0.717, 1.165) is 0 Å². The average Bonchev–Trinajstić information content (AvgIpc) is 0.726. The fraction of sp³-hybridized carbons (Fsp3) is 0.281. The number of carbonyl (C=O) groups is 3. The zero-order chi connectivity index (χ0) is 101. The molecule has 3 fully saturated rings. The maximum absolute atomic E-state index is 15.6. The number of nitriles is 3. The molecule has 0 radical (unpaired) electrons. The van der Waals surface area contributed by atoms with Crippen molar-refractivity contribution in [3.8, 4) is 69.0 Å². The summed E-state index contributed by atoms with van der Waals surface area (Å²) in [6.45, 7) is 35.2. The van der Waals surface area contributed by atoms with Crippen molar-refractivity contribution < 1.29 is 45.1 Å². The molecule has 714 valence electrons. The Morgan fingerprint density at radius 1 is 0.399 bits per heavy atom. The molecule has 27 nitrogen and oxygen atoms in total. The second-order valence-corrected chi connectivity index (χ2v) is 36.9. The van der Waals surface area contributed by atoms with Crippen molar-refractivity contribution in [2.75, 3.05) is 90.8 Å². The van der Waals surface area contributed by atoms with Gasteiger partial charge in [0.2, 0.25) is 17.7 Å². The smallest absolute Gasteiger partial charge is 0.276 e. The van der Waals surface area contributed by atoms with Crippen LogP contribution in [0.2, 0.25) is 40.2 Å². The summed E-state index contributed by atoms with van der Waals surface area (Å²) in [7, 11) is 0. The van der Waals surface area contributed by atoms with Gasteiger partial charge in [0.15, 0.2) is 40.7 Å². The minimum absolute atomic E-state index is 0.00290. The molecule has 6 N–H and O–H groups in total. The first-order valence-electron chi connectivity index (χ1n) is 42.6. The van der Waals surface area contributed by atoms with Crippen LogP contribution in [-0.4, -0.2) is 153 Å². The van der Waals surface area contributed by atoms with Crippen LogP contribution in [0.4, 0.5) is 64.9 Å². The number of nitrogen functional groups attached to an aromatic ring is 3. The van der Waals surface area contributed by atoms with E-state index in [-0.39, 0.29) is 206 Å². The summed E-state index contributed by atoms with van der Waals surface area (Å²) in [5.41, 5.74) is 13.9. The first-order valence-corrected chi connectivity index (χ1v) is 45.6. The van der Waals surface area contributed by atoms with Crippen molar-refractivity contribution in [3.63, 3.8) is 0 Å². The number of hydrogen-bond acceptors (Lipinski definition) is 21. The molecular weight excluding hydrogens is 1960 g/mol. The lowest BCUT2D eigenvalue weighted by Gasteiger charge is -2.41. The minimum atomic E-state index is -1.67. The fourth-order valence-electron chi connectivity index (χ4n) is 17.5. The Morgan fingerprint density at radius 3 is 0.891 bits per heavy atom. The largest absolute Gasteiger partial charge is 0.394 e. The van der Waals surface area contributed by atoms with Gasteiger partial charge in [-0.1, -0.05) is 154 Å². The predicted molar refractivity (Wildman–Crippen MR) is 526 cm³/mol. The first-order chi connectivity index (χ1) is 65.2. The molecule has 138 heavy (non-hydrogen) atoms. The molecular formula is C96H84Cl8F7N21O6. The van der Waals surface area contributed by atoms with Crippen LogP contribution in [0.5, 0.6) is 0 Å². The molecule has 3 aliphatic heterocycles. The molecule has 12 heterocycles. The molecule has 0 aliphatic carbocycles. The van der Waals surface area contributed by atoms with Crippen LogP contribution in [0.15, 0.2) is 107 Å². The van der Waals surface area contributed by atoms with Crippen LogP contribution in [-0.2, 0) is 14.4 Å². The van der Waals surface area contributed by atoms with Crippen LogP contribution in [0.1, 0.15) is 131 Å². The molecule has 3 amide bonds. The zero-order valence-corrected chi connectivity index (χ0v) is 81.8. The molecule has 3 atom stereocenters. The van der Waals surface area contributed by atoms with Crippen molar-refractivity contribution in [3.05, 3.63) is 255 Å². The number of aryl methyl sites for hydroxylation is 3. The highest BCUT2D eigenvalue weighted by atomic mass is 35.5. The Bertz CT molecular complexity index is 6790. The van der Waals surface area contributed by atoms with Gasteiger partial charge in [0, 0.05) is 112 Å². The number of aromatic nitrogens is 9. The van der Waals surface area contributed by atoms with E-state index >= 15 is 13.2 Å². The summed E-state index contributed by atoms with van der Waals surface area (Å²) >= 11 is 51.2. The Kier molecular flexibility index (Phi) is 30.1. The summed E-state index contributed by atoms with van der Waals surface area (Å²) in [6.07, 6.45) is 8.49. The molecule has 0 unspecified atom stereocenters. The van der Waals surface area contributed by atoms with E-state index in [1.165, 1.54) is 50.1 Å². The second-order valence-electron chi connectivity index (χ2n) is 33.8. The van der Waals surface area contributed by atoms with Crippen LogP contribution >= 0.6 is 92.8 Å². The zero-order valence-electron chi connectivity index (χ0n) is 75.8. The van der Waals surface area contributed by atoms with E-state index in [2.05, 4.69) is 51.8 Å². The Balaban J connectivity index is 0.000000175. The third-order valence-electron chi connectivity index (χ3n) is 24.1. The molecule has 0 saturated carbocycles. The molecule has 3 saturated heterocycles. The molecule has 3 aromatic carbocycles. The number of amides is 3. The number of pyridine rings is 9.